The first kappa shape index (κ1) is 23.9. The van der Waals surface area contributed by atoms with E-state index >= 15 is 0 Å². The molecule has 2 amide bonds. The first-order chi connectivity index (χ1) is 16.5. The van der Waals surface area contributed by atoms with Crippen LogP contribution in [0.15, 0.2) is 84.9 Å². The number of hydrogen-bond donors (Lipinski definition) is 1. The van der Waals surface area contributed by atoms with Gasteiger partial charge in [0, 0.05) is 23.8 Å². The van der Waals surface area contributed by atoms with E-state index in [1.54, 1.807) is 4.90 Å². The molecule has 0 spiro atoms. The molecule has 3 aromatic carbocycles. The van der Waals surface area contributed by atoms with Crippen molar-refractivity contribution < 1.29 is 9.59 Å². The van der Waals surface area contributed by atoms with E-state index in [-0.39, 0.29) is 18.2 Å². The van der Waals surface area contributed by atoms with Crippen LogP contribution >= 0.6 is 23.8 Å². The maximum atomic E-state index is 13.4. The molecule has 1 N–H and O–H groups in total. The van der Waals surface area contributed by atoms with Gasteiger partial charge in [-0.2, -0.15) is 0 Å². The van der Waals surface area contributed by atoms with Crippen molar-refractivity contribution in [2.75, 3.05) is 18.4 Å². The number of para-hydroxylation sites is 1. The van der Waals surface area contributed by atoms with Crippen molar-refractivity contribution in [2.24, 2.45) is 0 Å². The SMILES string of the molecule is O=C(C[C@H]1C(=O)N(CCc2ccccc2)C(=S)N1CCc1ccc(Cl)cc1)Nc1ccccc1. The van der Waals surface area contributed by atoms with Gasteiger partial charge in [0.1, 0.15) is 6.04 Å². The first-order valence-electron chi connectivity index (χ1n) is 11.3. The molecule has 4 rings (SSSR count). The van der Waals surface area contributed by atoms with Gasteiger partial charge in [-0.1, -0.05) is 72.3 Å². The number of benzene rings is 3. The lowest BCUT2D eigenvalue weighted by Gasteiger charge is -2.24. The largest absolute Gasteiger partial charge is 0.336 e. The van der Waals surface area contributed by atoms with Crippen molar-refractivity contribution >= 4 is 46.4 Å². The third-order valence-electron chi connectivity index (χ3n) is 5.86. The van der Waals surface area contributed by atoms with E-state index in [9.17, 15) is 9.59 Å². The smallest absolute Gasteiger partial charge is 0.252 e. The highest BCUT2D eigenvalue weighted by Crippen LogP contribution is 2.23. The first-order valence-corrected chi connectivity index (χ1v) is 12.0. The van der Waals surface area contributed by atoms with Crippen LogP contribution in [0, 0.1) is 0 Å². The summed E-state index contributed by atoms with van der Waals surface area (Å²) in [6.07, 6.45) is 1.42. The summed E-state index contributed by atoms with van der Waals surface area (Å²) in [6.45, 7) is 1.02. The van der Waals surface area contributed by atoms with Crippen molar-refractivity contribution in [2.45, 2.75) is 25.3 Å². The van der Waals surface area contributed by atoms with Crippen molar-refractivity contribution in [3.05, 3.63) is 101 Å². The standard InChI is InChI=1S/C27H26ClN3O2S/c28-22-13-11-21(12-14-22)15-17-30-24(19-25(32)29-23-9-5-2-6-10-23)26(33)31(27(30)34)18-16-20-7-3-1-4-8-20/h1-14,24H,15-19H2,(H,29,32)/t24-/m0/s1. The van der Waals surface area contributed by atoms with E-state index in [1.165, 1.54) is 0 Å². The molecule has 7 heteroatoms. The van der Waals surface area contributed by atoms with Gasteiger partial charge in [0.05, 0.1) is 6.42 Å². The van der Waals surface area contributed by atoms with Crippen LogP contribution in [0.25, 0.3) is 0 Å². The number of halogens is 1. The van der Waals surface area contributed by atoms with E-state index in [1.807, 2.05) is 89.8 Å². The second kappa shape index (κ2) is 11.3. The maximum Gasteiger partial charge on any atom is 0.252 e. The number of rotatable bonds is 9. The number of hydrogen-bond acceptors (Lipinski definition) is 3. The Hall–Kier alpha value is -3.22. The van der Waals surface area contributed by atoms with Gasteiger partial charge in [-0.3, -0.25) is 14.5 Å². The molecule has 3 aromatic rings. The lowest BCUT2D eigenvalue weighted by molar-refractivity contribution is -0.130. The molecular formula is C27H26ClN3O2S. The Morgan fingerprint density at radius 2 is 1.44 bits per heavy atom. The highest BCUT2D eigenvalue weighted by atomic mass is 35.5. The topological polar surface area (TPSA) is 52.7 Å². The molecule has 1 fully saturated rings. The highest BCUT2D eigenvalue weighted by molar-refractivity contribution is 7.80. The average molecular weight is 492 g/mol. The molecule has 0 saturated carbocycles. The summed E-state index contributed by atoms with van der Waals surface area (Å²) in [5.74, 6) is -0.339. The summed E-state index contributed by atoms with van der Waals surface area (Å²) in [5.41, 5.74) is 2.93. The minimum absolute atomic E-state index is 0.0380. The maximum absolute atomic E-state index is 13.4. The van der Waals surface area contributed by atoms with E-state index in [4.69, 9.17) is 23.8 Å². The normalized spacial score (nSPS) is 15.6. The summed E-state index contributed by atoms with van der Waals surface area (Å²) in [4.78, 5) is 29.7. The molecule has 0 unspecified atom stereocenters. The Bertz CT molecular complexity index is 1140. The zero-order valence-electron chi connectivity index (χ0n) is 18.7. The highest BCUT2D eigenvalue weighted by Gasteiger charge is 2.42. The molecule has 0 aromatic heterocycles. The van der Waals surface area contributed by atoms with Crippen LogP contribution in [-0.4, -0.2) is 45.9 Å². The fourth-order valence-electron chi connectivity index (χ4n) is 4.05. The van der Waals surface area contributed by atoms with E-state index in [0.717, 1.165) is 11.1 Å². The Labute approximate surface area is 210 Å². The summed E-state index contributed by atoms with van der Waals surface area (Å²) in [7, 11) is 0. The van der Waals surface area contributed by atoms with Gasteiger partial charge in [-0.15, -0.1) is 0 Å². The van der Waals surface area contributed by atoms with Gasteiger partial charge in [-0.05, 0) is 60.5 Å². The molecule has 1 aliphatic heterocycles. The molecule has 1 saturated heterocycles. The summed E-state index contributed by atoms with van der Waals surface area (Å²) >= 11 is 11.7. The predicted octanol–water partition coefficient (Wildman–Crippen LogP) is 4.95. The van der Waals surface area contributed by atoms with Crippen LogP contribution < -0.4 is 5.32 Å². The minimum atomic E-state index is -0.626. The van der Waals surface area contributed by atoms with Crippen molar-refractivity contribution in [3.8, 4) is 0 Å². The van der Waals surface area contributed by atoms with Gasteiger partial charge in [0.15, 0.2) is 5.11 Å². The van der Waals surface area contributed by atoms with Crippen LogP contribution in [0.4, 0.5) is 5.69 Å². The van der Waals surface area contributed by atoms with Gasteiger partial charge >= 0.3 is 0 Å². The number of anilines is 1. The van der Waals surface area contributed by atoms with Crippen molar-refractivity contribution in [1.82, 2.24) is 9.80 Å². The molecule has 1 atom stereocenters. The molecule has 0 bridgehead atoms. The summed E-state index contributed by atoms with van der Waals surface area (Å²) in [5, 5.41) is 4.04. The van der Waals surface area contributed by atoms with Crippen LogP contribution in [-0.2, 0) is 22.4 Å². The van der Waals surface area contributed by atoms with Gasteiger partial charge in [0.25, 0.3) is 5.91 Å². The Morgan fingerprint density at radius 1 is 0.853 bits per heavy atom. The van der Waals surface area contributed by atoms with Crippen molar-refractivity contribution in [1.29, 1.82) is 0 Å². The van der Waals surface area contributed by atoms with Gasteiger partial charge in [-0.25, -0.2) is 0 Å². The molecule has 5 nitrogen and oxygen atoms in total. The lowest BCUT2D eigenvalue weighted by atomic mass is 10.1. The van der Waals surface area contributed by atoms with Gasteiger partial charge < -0.3 is 10.2 Å². The Balaban J connectivity index is 1.47. The van der Waals surface area contributed by atoms with Gasteiger partial charge in [0.2, 0.25) is 5.91 Å². The summed E-state index contributed by atoms with van der Waals surface area (Å²) in [6, 6.07) is 26.2. The monoisotopic (exact) mass is 491 g/mol. The average Bonchev–Trinajstić information content (AvgIpc) is 3.07. The van der Waals surface area contributed by atoms with Crippen molar-refractivity contribution in [3.63, 3.8) is 0 Å². The quantitative estimate of drug-likeness (QED) is 0.430. The van der Waals surface area contributed by atoms with Crippen LogP contribution in [0.5, 0.6) is 0 Å². The fourth-order valence-corrected chi connectivity index (χ4v) is 4.57. The third kappa shape index (κ3) is 6.01. The molecule has 0 radical (unpaired) electrons. The molecule has 1 aliphatic rings. The van der Waals surface area contributed by atoms with Crippen LogP contribution in [0.1, 0.15) is 17.5 Å². The number of carbonyl (C=O) groups is 2. The van der Waals surface area contributed by atoms with E-state index in [0.29, 0.717) is 41.8 Å². The zero-order valence-corrected chi connectivity index (χ0v) is 20.3. The lowest BCUT2D eigenvalue weighted by Crippen LogP contribution is -2.39. The third-order valence-corrected chi connectivity index (χ3v) is 6.57. The van der Waals surface area contributed by atoms with Crippen LogP contribution in [0.2, 0.25) is 5.02 Å². The van der Waals surface area contributed by atoms with E-state index < -0.39 is 6.04 Å². The number of amides is 2. The van der Waals surface area contributed by atoms with E-state index in [2.05, 4.69) is 5.32 Å². The molecular weight excluding hydrogens is 466 g/mol. The van der Waals surface area contributed by atoms with Crippen LogP contribution in [0.3, 0.4) is 0 Å². The Morgan fingerprint density at radius 3 is 2.12 bits per heavy atom. The molecule has 174 valence electrons. The predicted molar refractivity (Wildman–Crippen MR) is 140 cm³/mol. The molecule has 0 aliphatic carbocycles. The minimum Gasteiger partial charge on any atom is -0.336 e. The second-order valence-corrected chi connectivity index (χ2v) is 9.01. The molecule has 1 heterocycles. The number of thiocarbonyl (C=S) groups is 1. The number of nitrogens with zero attached hydrogens (tertiary/aromatic N) is 2. The second-order valence-electron chi connectivity index (χ2n) is 8.21. The number of nitrogens with one attached hydrogen (secondary N) is 1. The number of carbonyl (C=O) groups excluding carboxylic acids is 2. The summed E-state index contributed by atoms with van der Waals surface area (Å²) < 4.78 is 0. The Kier molecular flexibility index (Phi) is 7.93. The molecule has 34 heavy (non-hydrogen) atoms. The fraction of sp³-hybridized carbons (Fsp3) is 0.222. The zero-order chi connectivity index (χ0) is 23.9.